The fourth-order valence-electron chi connectivity index (χ4n) is 2.66. The molecule has 9 heteroatoms. The number of thiophene rings is 1. The Morgan fingerprint density at radius 2 is 1.90 bits per heavy atom. The average Bonchev–Trinajstić information content (AvgIpc) is 3.25. The van der Waals surface area contributed by atoms with Crippen LogP contribution in [-0.4, -0.2) is 27.9 Å². The van der Waals surface area contributed by atoms with Gasteiger partial charge in [-0.05, 0) is 35.7 Å². The highest BCUT2D eigenvalue weighted by atomic mass is 32.1. The molecule has 1 aromatic carbocycles. The van der Waals surface area contributed by atoms with Crippen molar-refractivity contribution in [3.63, 3.8) is 0 Å². The van der Waals surface area contributed by atoms with E-state index in [1.165, 1.54) is 12.1 Å². The van der Waals surface area contributed by atoms with Gasteiger partial charge in [-0.15, -0.1) is 11.3 Å². The number of benzene rings is 1. The van der Waals surface area contributed by atoms with Crippen molar-refractivity contribution in [2.24, 2.45) is 12.5 Å². The molecule has 6 nitrogen and oxygen atoms in total. The van der Waals surface area contributed by atoms with Crippen LogP contribution in [0.3, 0.4) is 0 Å². The summed E-state index contributed by atoms with van der Waals surface area (Å²) in [6.45, 7) is 6.63. The molecular formula is C20H22F2N4O2S. The lowest BCUT2D eigenvalue weighted by atomic mass is 9.97. The van der Waals surface area contributed by atoms with Gasteiger partial charge >= 0.3 is 0 Å². The molecule has 2 aromatic heterocycles. The van der Waals surface area contributed by atoms with Crippen molar-refractivity contribution in [1.29, 1.82) is 0 Å². The van der Waals surface area contributed by atoms with Gasteiger partial charge in [-0.3, -0.25) is 14.9 Å². The van der Waals surface area contributed by atoms with Crippen LogP contribution in [0.4, 0.5) is 14.7 Å². The molecule has 3 rings (SSSR count). The van der Waals surface area contributed by atoms with E-state index in [1.807, 2.05) is 20.8 Å². The standard InChI is InChI=1S/C20H22F2N4O2S/c1-20(2,3)10-23-17(27)11-5-6-13-12(9-11)24-19(26(13)4)25-18(28)15-8-7-14(29-15)16(21)22/h5-9,16H,10H2,1-4H3,(H,23,27)(H,24,25,28). The molecule has 0 aliphatic heterocycles. The number of carbonyl (C=O) groups is 2. The fourth-order valence-corrected chi connectivity index (χ4v) is 3.41. The van der Waals surface area contributed by atoms with Gasteiger partial charge in [0.1, 0.15) is 0 Å². The molecular weight excluding hydrogens is 398 g/mol. The van der Waals surface area contributed by atoms with Crippen LogP contribution in [0.25, 0.3) is 11.0 Å². The molecule has 2 heterocycles. The predicted molar refractivity (Wildman–Crippen MR) is 110 cm³/mol. The van der Waals surface area contributed by atoms with Gasteiger partial charge in [0.05, 0.1) is 20.8 Å². The fraction of sp³-hybridized carbons (Fsp3) is 0.350. The molecule has 0 saturated heterocycles. The van der Waals surface area contributed by atoms with Crippen LogP contribution in [0.2, 0.25) is 0 Å². The van der Waals surface area contributed by atoms with Crippen LogP contribution < -0.4 is 10.6 Å². The van der Waals surface area contributed by atoms with E-state index in [1.54, 1.807) is 29.8 Å². The summed E-state index contributed by atoms with van der Waals surface area (Å²) in [5.41, 5.74) is 1.71. The van der Waals surface area contributed by atoms with Gasteiger partial charge < -0.3 is 9.88 Å². The van der Waals surface area contributed by atoms with E-state index < -0.39 is 12.3 Å². The monoisotopic (exact) mass is 420 g/mol. The van der Waals surface area contributed by atoms with Gasteiger partial charge in [0.25, 0.3) is 18.2 Å². The number of imidazole rings is 1. The first-order valence-electron chi connectivity index (χ1n) is 8.99. The minimum atomic E-state index is -2.61. The number of amides is 2. The normalized spacial score (nSPS) is 11.8. The lowest BCUT2D eigenvalue weighted by molar-refractivity contribution is 0.0938. The summed E-state index contributed by atoms with van der Waals surface area (Å²) in [6, 6.07) is 7.71. The Labute approximate surface area is 170 Å². The van der Waals surface area contributed by atoms with Crippen molar-refractivity contribution in [3.05, 3.63) is 45.6 Å². The van der Waals surface area contributed by atoms with Crippen molar-refractivity contribution in [2.45, 2.75) is 27.2 Å². The number of aromatic nitrogens is 2. The number of hydrogen-bond acceptors (Lipinski definition) is 4. The van der Waals surface area contributed by atoms with E-state index >= 15 is 0 Å². The van der Waals surface area contributed by atoms with E-state index in [0.717, 1.165) is 16.9 Å². The molecule has 3 aromatic rings. The van der Waals surface area contributed by atoms with Crippen LogP contribution in [0.15, 0.2) is 30.3 Å². The molecule has 0 radical (unpaired) electrons. The zero-order valence-electron chi connectivity index (χ0n) is 16.5. The molecule has 0 saturated carbocycles. The highest BCUT2D eigenvalue weighted by Crippen LogP contribution is 2.28. The Morgan fingerprint density at radius 1 is 1.17 bits per heavy atom. The van der Waals surface area contributed by atoms with E-state index in [9.17, 15) is 18.4 Å². The number of anilines is 1. The Balaban J connectivity index is 1.80. The zero-order chi connectivity index (χ0) is 21.3. The molecule has 0 fully saturated rings. The van der Waals surface area contributed by atoms with Gasteiger partial charge in [0.2, 0.25) is 5.95 Å². The van der Waals surface area contributed by atoms with E-state index in [4.69, 9.17) is 0 Å². The molecule has 2 N–H and O–H groups in total. The minimum Gasteiger partial charge on any atom is -0.352 e. The first-order valence-corrected chi connectivity index (χ1v) is 9.81. The number of hydrogen-bond donors (Lipinski definition) is 2. The maximum Gasteiger partial charge on any atom is 0.272 e. The SMILES string of the molecule is Cn1c(NC(=O)c2ccc(C(F)F)s2)nc2cc(C(=O)NCC(C)(C)C)ccc21. The number of fused-ring (bicyclic) bond motifs is 1. The molecule has 0 spiro atoms. The van der Waals surface area contributed by atoms with Gasteiger partial charge in [0, 0.05) is 19.2 Å². The largest absolute Gasteiger partial charge is 0.352 e. The number of aryl methyl sites for hydroxylation is 1. The maximum atomic E-state index is 12.7. The molecule has 0 aliphatic carbocycles. The van der Waals surface area contributed by atoms with Crippen molar-refractivity contribution in [1.82, 2.24) is 14.9 Å². The van der Waals surface area contributed by atoms with Crippen LogP contribution in [-0.2, 0) is 7.05 Å². The quantitative estimate of drug-likeness (QED) is 0.633. The Hall–Kier alpha value is -2.81. The molecule has 0 bridgehead atoms. The number of rotatable bonds is 5. The summed E-state index contributed by atoms with van der Waals surface area (Å²) in [4.78, 5) is 29.1. The number of alkyl halides is 2. The van der Waals surface area contributed by atoms with Crippen LogP contribution in [0.5, 0.6) is 0 Å². The highest BCUT2D eigenvalue weighted by molar-refractivity contribution is 7.14. The van der Waals surface area contributed by atoms with Crippen molar-refractivity contribution in [3.8, 4) is 0 Å². The van der Waals surface area contributed by atoms with E-state index in [0.29, 0.717) is 17.6 Å². The van der Waals surface area contributed by atoms with Crippen molar-refractivity contribution in [2.75, 3.05) is 11.9 Å². The van der Waals surface area contributed by atoms with Crippen molar-refractivity contribution >= 4 is 40.1 Å². The number of halogens is 2. The van der Waals surface area contributed by atoms with E-state index in [2.05, 4.69) is 15.6 Å². The number of nitrogens with zero attached hydrogens (tertiary/aromatic N) is 2. The molecule has 0 unspecified atom stereocenters. The number of carbonyl (C=O) groups excluding carboxylic acids is 2. The van der Waals surface area contributed by atoms with Gasteiger partial charge in [-0.1, -0.05) is 20.8 Å². The smallest absolute Gasteiger partial charge is 0.272 e. The van der Waals surface area contributed by atoms with Crippen LogP contribution in [0, 0.1) is 5.41 Å². The average molecular weight is 420 g/mol. The molecule has 2 amide bonds. The van der Waals surface area contributed by atoms with Crippen LogP contribution >= 0.6 is 11.3 Å². The maximum absolute atomic E-state index is 12.7. The second kappa shape index (κ2) is 7.90. The predicted octanol–water partition coefficient (Wildman–Crippen LogP) is 4.60. The lowest BCUT2D eigenvalue weighted by Crippen LogP contribution is -2.32. The Bertz CT molecular complexity index is 1070. The van der Waals surface area contributed by atoms with Gasteiger partial charge in [-0.25, -0.2) is 13.8 Å². The van der Waals surface area contributed by atoms with E-state index in [-0.39, 0.29) is 27.0 Å². The molecule has 29 heavy (non-hydrogen) atoms. The third-order valence-corrected chi connectivity index (χ3v) is 5.30. The second-order valence-corrected chi connectivity index (χ2v) is 9.01. The first kappa shape index (κ1) is 20.9. The summed E-state index contributed by atoms with van der Waals surface area (Å²) < 4.78 is 27.1. The van der Waals surface area contributed by atoms with Gasteiger partial charge in [0.15, 0.2) is 0 Å². The van der Waals surface area contributed by atoms with Gasteiger partial charge in [-0.2, -0.15) is 0 Å². The summed E-state index contributed by atoms with van der Waals surface area (Å²) in [7, 11) is 1.73. The molecule has 154 valence electrons. The van der Waals surface area contributed by atoms with Crippen LogP contribution in [0.1, 0.15) is 52.1 Å². The Kier molecular flexibility index (Phi) is 5.70. The summed E-state index contributed by atoms with van der Waals surface area (Å²) in [6.07, 6.45) is -2.61. The summed E-state index contributed by atoms with van der Waals surface area (Å²) in [5.74, 6) is -0.441. The molecule has 0 aliphatic rings. The number of nitrogens with one attached hydrogen (secondary N) is 2. The highest BCUT2D eigenvalue weighted by Gasteiger charge is 2.18. The third kappa shape index (κ3) is 4.79. The summed E-state index contributed by atoms with van der Waals surface area (Å²) in [5, 5.41) is 5.53. The topological polar surface area (TPSA) is 76.0 Å². The first-order chi connectivity index (χ1) is 13.5. The molecule has 0 atom stereocenters. The minimum absolute atomic E-state index is 0.0335. The second-order valence-electron chi connectivity index (χ2n) is 7.90. The summed E-state index contributed by atoms with van der Waals surface area (Å²) >= 11 is 0.743. The zero-order valence-corrected chi connectivity index (χ0v) is 17.4. The lowest BCUT2D eigenvalue weighted by Gasteiger charge is -2.18. The third-order valence-electron chi connectivity index (χ3n) is 4.21. The Morgan fingerprint density at radius 3 is 2.52 bits per heavy atom. The van der Waals surface area contributed by atoms with Crippen molar-refractivity contribution < 1.29 is 18.4 Å².